The van der Waals surface area contributed by atoms with E-state index in [9.17, 15) is 4.79 Å². The maximum absolute atomic E-state index is 10.4. The normalized spacial score (nSPS) is 10.4. The van der Waals surface area contributed by atoms with Crippen molar-refractivity contribution in [3.8, 4) is 11.4 Å². The van der Waals surface area contributed by atoms with E-state index in [1.165, 1.54) is 0 Å². The van der Waals surface area contributed by atoms with Crippen molar-refractivity contribution in [3.05, 3.63) is 36.7 Å². The number of rotatable bonds is 5. The van der Waals surface area contributed by atoms with Crippen molar-refractivity contribution < 1.29 is 9.90 Å². The molecule has 1 aromatic heterocycles. The molecule has 0 fully saturated rings. The van der Waals surface area contributed by atoms with E-state index in [2.05, 4.69) is 10.2 Å². The van der Waals surface area contributed by atoms with Crippen molar-refractivity contribution in [2.24, 2.45) is 0 Å². The molecule has 2 rings (SSSR count). The Hall–Kier alpha value is -2.17. The Labute approximate surface area is 98.7 Å². The molecule has 0 saturated carbocycles. The van der Waals surface area contributed by atoms with Crippen LogP contribution < -0.4 is 0 Å². The summed E-state index contributed by atoms with van der Waals surface area (Å²) in [5, 5.41) is 16.5. The van der Waals surface area contributed by atoms with Gasteiger partial charge in [-0.25, -0.2) is 0 Å². The van der Waals surface area contributed by atoms with Crippen LogP contribution in [0.5, 0.6) is 0 Å². The van der Waals surface area contributed by atoms with Gasteiger partial charge < -0.3 is 9.67 Å². The molecule has 88 valence electrons. The van der Waals surface area contributed by atoms with Gasteiger partial charge in [0.05, 0.1) is 0 Å². The lowest BCUT2D eigenvalue weighted by atomic mass is 10.2. The van der Waals surface area contributed by atoms with E-state index >= 15 is 0 Å². The first-order valence-electron chi connectivity index (χ1n) is 5.42. The van der Waals surface area contributed by atoms with Crippen molar-refractivity contribution in [2.45, 2.75) is 19.4 Å². The van der Waals surface area contributed by atoms with Gasteiger partial charge in [0.1, 0.15) is 6.33 Å². The summed E-state index contributed by atoms with van der Waals surface area (Å²) in [6.45, 7) is 0.615. The van der Waals surface area contributed by atoms with Crippen LogP contribution in [0.2, 0.25) is 0 Å². The predicted octanol–water partition coefficient (Wildman–Crippen LogP) is 1.81. The number of hydrogen-bond donors (Lipinski definition) is 1. The molecule has 0 aliphatic carbocycles. The van der Waals surface area contributed by atoms with E-state index < -0.39 is 5.97 Å². The minimum atomic E-state index is -0.778. The van der Waals surface area contributed by atoms with E-state index in [0.717, 1.165) is 11.4 Å². The number of aliphatic carboxylic acids is 1. The number of carboxylic acid groups (broad SMARTS) is 1. The third-order valence-electron chi connectivity index (χ3n) is 2.44. The van der Waals surface area contributed by atoms with Crippen LogP contribution in [0.25, 0.3) is 11.4 Å². The van der Waals surface area contributed by atoms with Gasteiger partial charge in [-0.15, -0.1) is 10.2 Å². The van der Waals surface area contributed by atoms with Crippen LogP contribution in [-0.4, -0.2) is 25.8 Å². The van der Waals surface area contributed by atoms with Gasteiger partial charge >= 0.3 is 5.97 Å². The summed E-state index contributed by atoms with van der Waals surface area (Å²) >= 11 is 0. The second-order valence-electron chi connectivity index (χ2n) is 3.71. The highest BCUT2D eigenvalue weighted by Crippen LogP contribution is 2.16. The Bertz CT molecular complexity index is 493. The zero-order chi connectivity index (χ0) is 12.1. The van der Waals surface area contributed by atoms with Crippen LogP contribution in [0, 0.1) is 0 Å². The van der Waals surface area contributed by atoms with Crippen LogP contribution in [-0.2, 0) is 11.3 Å². The first kappa shape index (κ1) is 11.3. The predicted molar refractivity (Wildman–Crippen MR) is 62.3 cm³/mol. The number of aryl methyl sites for hydroxylation is 1. The number of carbonyl (C=O) groups is 1. The maximum atomic E-state index is 10.4. The van der Waals surface area contributed by atoms with Crippen molar-refractivity contribution in [1.82, 2.24) is 14.8 Å². The number of benzene rings is 1. The van der Waals surface area contributed by atoms with Crippen LogP contribution in [0.15, 0.2) is 36.7 Å². The van der Waals surface area contributed by atoms with E-state index in [4.69, 9.17) is 5.11 Å². The standard InChI is InChI=1S/C12H13N3O2/c16-11(17)7-4-8-15-9-13-14-12(15)10-5-2-1-3-6-10/h1-3,5-6,9H,4,7-8H2,(H,16,17). The van der Waals surface area contributed by atoms with Crippen molar-refractivity contribution in [2.75, 3.05) is 0 Å². The smallest absolute Gasteiger partial charge is 0.303 e. The monoisotopic (exact) mass is 231 g/mol. The summed E-state index contributed by atoms with van der Waals surface area (Å²) in [7, 11) is 0. The first-order chi connectivity index (χ1) is 8.27. The topological polar surface area (TPSA) is 68.0 Å². The van der Waals surface area contributed by atoms with Gasteiger partial charge in [-0.3, -0.25) is 4.79 Å². The summed E-state index contributed by atoms with van der Waals surface area (Å²) in [5.74, 6) is -0.00433. The lowest BCUT2D eigenvalue weighted by Crippen LogP contribution is -2.02. The fourth-order valence-electron chi connectivity index (χ4n) is 1.63. The zero-order valence-corrected chi connectivity index (χ0v) is 9.28. The molecule has 0 atom stereocenters. The number of hydrogen-bond acceptors (Lipinski definition) is 3. The molecule has 0 spiro atoms. The Morgan fingerprint density at radius 1 is 1.29 bits per heavy atom. The highest BCUT2D eigenvalue weighted by molar-refractivity contribution is 5.66. The maximum Gasteiger partial charge on any atom is 0.303 e. The third kappa shape index (κ3) is 2.90. The molecule has 0 aliphatic heterocycles. The summed E-state index contributed by atoms with van der Waals surface area (Å²) in [4.78, 5) is 10.4. The lowest BCUT2D eigenvalue weighted by Gasteiger charge is -2.05. The second-order valence-corrected chi connectivity index (χ2v) is 3.71. The van der Waals surface area contributed by atoms with E-state index in [0.29, 0.717) is 13.0 Å². The van der Waals surface area contributed by atoms with Crippen LogP contribution in [0.1, 0.15) is 12.8 Å². The van der Waals surface area contributed by atoms with E-state index in [-0.39, 0.29) is 6.42 Å². The van der Waals surface area contributed by atoms with Gasteiger partial charge in [0.15, 0.2) is 5.82 Å². The largest absolute Gasteiger partial charge is 0.481 e. The average Bonchev–Trinajstić information content (AvgIpc) is 2.78. The molecule has 0 amide bonds. The van der Waals surface area contributed by atoms with E-state index in [1.54, 1.807) is 6.33 Å². The minimum absolute atomic E-state index is 0.159. The molecular formula is C12H13N3O2. The second kappa shape index (κ2) is 5.25. The SMILES string of the molecule is O=C(O)CCCn1cnnc1-c1ccccc1. The molecule has 1 aromatic carbocycles. The quantitative estimate of drug-likeness (QED) is 0.852. The van der Waals surface area contributed by atoms with Gasteiger partial charge in [0.2, 0.25) is 0 Å². The summed E-state index contributed by atoms with van der Waals surface area (Å²) in [6, 6.07) is 9.72. The number of carboxylic acids is 1. The zero-order valence-electron chi connectivity index (χ0n) is 9.28. The van der Waals surface area contributed by atoms with Gasteiger partial charge in [0, 0.05) is 18.5 Å². The van der Waals surface area contributed by atoms with Gasteiger partial charge in [-0.2, -0.15) is 0 Å². The molecule has 1 N–H and O–H groups in total. The molecule has 5 heteroatoms. The molecule has 0 bridgehead atoms. The van der Waals surface area contributed by atoms with Crippen molar-refractivity contribution in [3.63, 3.8) is 0 Å². The Balaban J connectivity index is 2.10. The summed E-state index contributed by atoms with van der Waals surface area (Å²) in [6.07, 6.45) is 2.36. The molecule has 5 nitrogen and oxygen atoms in total. The lowest BCUT2D eigenvalue weighted by molar-refractivity contribution is -0.137. The highest BCUT2D eigenvalue weighted by Gasteiger charge is 2.06. The fraction of sp³-hybridized carbons (Fsp3) is 0.250. The minimum Gasteiger partial charge on any atom is -0.481 e. The number of aromatic nitrogens is 3. The van der Waals surface area contributed by atoms with Crippen molar-refractivity contribution >= 4 is 5.97 Å². The van der Waals surface area contributed by atoms with Crippen LogP contribution in [0.3, 0.4) is 0 Å². The Morgan fingerprint density at radius 2 is 2.06 bits per heavy atom. The summed E-state index contributed by atoms with van der Waals surface area (Å²) < 4.78 is 1.87. The van der Waals surface area contributed by atoms with Gasteiger partial charge in [-0.05, 0) is 6.42 Å². The molecule has 0 radical (unpaired) electrons. The number of nitrogens with zero attached hydrogens (tertiary/aromatic N) is 3. The fourth-order valence-corrected chi connectivity index (χ4v) is 1.63. The molecule has 1 heterocycles. The van der Waals surface area contributed by atoms with Gasteiger partial charge in [-0.1, -0.05) is 30.3 Å². The van der Waals surface area contributed by atoms with Crippen LogP contribution in [0.4, 0.5) is 0 Å². The Kier molecular flexibility index (Phi) is 3.49. The summed E-state index contributed by atoms with van der Waals surface area (Å²) in [5.41, 5.74) is 0.986. The molecular weight excluding hydrogens is 218 g/mol. The first-order valence-corrected chi connectivity index (χ1v) is 5.42. The van der Waals surface area contributed by atoms with Crippen molar-refractivity contribution in [1.29, 1.82) is 0 Å². The van der Waals surface area contributed by atoms with E-state index in [1.807, 2.05) is 34.9 Å². The Morgan fingerprint density at radius 3 is 2.76 bits per heavy atom. The molecule has 0 saturated heterocycles. The van der Waals surface area contributed by atoms with Gasteiger partial charge in [0.25, 0.3) is 0 Å². The molecule has 2 aromatic rings. The average molecular weight is 231 g/mol. The van der Waals surface area contributed by atoms with Crippen LogP contribution >= 0.6 is 0 Å². The third-order valence-corrected chi connectivity index (χ3v) is 2.44. The highest BCUT2D eigenvalue weighted by atomic mass is 16.4. The molecule has 0 aliphatic rings. The molecule has 17 heavy (non-hydrogen) atoms. The molecule has 0 unspecified atom stereocenters.